The van der Waals surface area contributed by atoms with Crippen LogP contribution < -0.4 is 19.3 Å². The van der Waals surface area contributed by atoms with Crippen LogP contribution in [0, 0.1) is 5.92 Å². The fourth-order valence-electron chi connectivity index (χ4n) is 3.96. The Morgan fingerprint density at radius 1 is 0.838 bits per heavy atom. The molecular weight excluding hydrogens is 492 g/mol. The Morgan fingerprint density at radius 3 is 1.76 bits per heavy atom. The zero-order chi connectivity index (χ0) is 27.5. The minimum atomic E-state index is -1.22. The van der Waals surface area contributed by atoms with Crippen LogP contribution in [0.1, 0.15) is 34.6 Å². The maximum absolute atomic E-state index is 13.9. The van der Waals surface area contributed by atoms with Crippen molar-refractivity contribution in [3.63, 3.8) is 0 Å². The van der Waals surface area contributed by atoms with Crippen molar-refractivity contribution in [2.24, 2.45) is 5.92 Å². The first-order chi connectivity index (χ1) is 17.7. The largest absolute Gasteiger partial charge is 0.497 e. The molecule has 2 rings (SSSR count). The second-order valence-electron chi connectivity index (χ2n) is 8.74. The summed E-state index contributed by atoms with van der Waals surface area (Å²) in [5.74, 6) is 1.07. The topological polar surface area (TPSA) is 85.4 Å². The molecule has 37 heavy (non-hydrogen) atoms. The predicted molar refractivity (Wildman–Crippen MR) is 149 cm³/mol. The van der Waals surface area contributed by atoms with Crippen LogP contribution in [-0.2, 0) is 19.1 Å². The van der Waals surface area contributed by atoms with Gasteiger partial charge in [-0.25, -0.2) is 4.79 Å². The third-order valence-electron chi connectivity index (χ3n) is 5.68. The number of ether oxygens (including phenoxy) is 3. The van der Waals surface area contributed by atoms with E-state index in [1.165, 1.54) is 11.8 Å². The van der Waals surface area contributed by atoms with Crippen LogP contribution in [0.2, 0.25) is 0 Å². The molecule has 2 unspecified atom stereocenters. The Balaban J connectivity index is 2.72. The highest BCUT2D eigenvalue weighted by Gasteiger charge is 2.44. The maximum atomic E-state index is 13.9. The lowest BCUT2D eigenvalue weighted by atomic mass is 10.0. The number of esters is 1. The quantitative estimate of drug-likeness (QED) is 0.342. The Hall–Kier alpha value is -3.20. The van der Waals surface area contributed by atoms with Gasteiger partial charge in [0.15, 0.2) is 6.04 Å². The molecule has 0 saturated heterocycles. The summed E-state index contributed by atoms with van der Waals surface area (Å²) in [6.45, 7) is 9.56. The van der Waals surface area contributed by atoms with Crippen LogP contribution in [0.3, 0.4) is 0 Å². The first-order valence-electron chi connectivity index (χ1n) is 12.4. The highest BCUT2D eigenvalue weighted by molar-refractivity contribution is 8.13. The number of nitrogens with zero attached hydrogens (tertiary/aromatic N) is 2. The van der Waals surface area contributed by atoms with E-state index in [4.69, 9.17) is 14.2 Å². The van der Waals surface area contributed by atoms with Crippen LogP contribution in [-0.4, -0.2) is 62.2 Å². The zero-order valence-corrected chi connectivity index (χ0v) is 23.5. The van der Waals surface area contributed by atoms with Gasteiger partial charge in [-0.2, -0.15) is 0 Å². The minimum absolute atomic E-state index is 0.110. The molecule has 8 nitrogen and oxygen atoms in total. The molecule has 2 atom stereocenters. The van der Waals surface area contributed by atoms with Crippen LogP contribution in [0.15, 0.2) is 48.5 Å². The van der Waals surface area contributed by atoms with E-state index in [9.17, 15) is 14.4 Å². The molecule has 0 fully saturated rings. The van der Waals surface area contributed by atoms with Crippen molar-refractivity contribution >= 4 is 40.1 Å². The van der Waals surface area contributed by atoms with Gasteiger partial charge in [-0.15, -0.1) is 0 Å². The van der Waals surface area contributed by atoms with Crippen molar-refractivity contribution < 1.29 is 28.6 Å². The summed E-state index contributed by atoms with van der Waals surface area (Å²) in [5.41, 5.74) is 1.18. The van der Waals surface area contributed by atoms with E-state index in [2.05, 4.69) is 0 Å². The molecule has 1 amide bonds. The fraction of sp³-hybridized carbons (Fsp3) is 0.464. The number of benzene rings is 2. The summed E-state index contributed by atoms with van der Waals surface area (Å²) in [6, 6.07) is 11.8. The molecule has 0 heterocycles. The van der Waals surface area contributed by atoms with Crippen LogP contribution in [0.5, 0.6) is 11.5 Å². The molecule has 202 valence electrons. The molecule has 0 aliphatic rings. The van der Waals surface area contributed by atoms with Crippen molar-refractivity contribution in [2.45, 2.75) is 46.7 Å². The molecule has 0 bridgehead atoms. The number of hydrogen-bond acceptors (Lipinski definition) is 8. The number of anilines is 2. The van der Waals surface area contributed by atoms with Crippen molar-refractivity contribution in [1.82, 2.24) is 0 Å². The molecule has 0 radical (unpaired) electrons. The lowest BCUT2D eigenvalue weighted by molar-refractivity contribution is -0.147. The fourth-order valence-corrected chi connectivity index (χ4v) is 4.88. The molecule has 9 heteroatoms. The van der Waals surface area contributed by atoms with E-state index in [0.717, 1.165) is 17.4 Å². The Labute approximate surface area is 224 Å². The van der Waals surface area contributed by atoms with Gasteiger partial charge < -0.3 is 19.1 Å². The molecule has 0 aromatic heterocycles. The maximum Gasteiger partial charge on any atom is 0.331 e. The van der Waals surface area contributed by atoms with Gasteiger partial charge in [-0.3, -0.25) is 14.5 Å². The standard InChI is InChI=1S/C28H38N2O6S/c1-8-29(21-10-14-23(34-6)15-11-21)26(28(33)37-18-19(3)4)25(27(32)36-9-2)30(20(5)31)22-12-16-24(35-7)17-13-22/h10-17,19,25-26H,8-9,18H2,1-7H3. The van der Waals surface area contributed by atoms with E-state index in [1.54, 1.807) is 57.5 Å². The van der Waals surface area contributed by atoms with E-state index >= 15 is 0 Å². The molecule has 0 aliphatic heterocycles. The van der Waals surface area contributed by atoms with Gasteiger partial charge in [-0.05, 0) is 68.3 Å². The van der Waals surface area contributed by atoms with Gasteiger partial charge in [0, 0.05) is 30.6 Å². The smallest absolute Gasteiger partial charge is 0.331 e. The molecule has 0 aliphatic carbocycles. The predicted octanol–water partition coefficient (Wildman–Crippen LogP) is 4.80. The number of methoxy groups -OCH3 is 2. The summed E-state index contributed by atoms with van der Waals surface area (Å²) in [6.07, 6.45) is 0. The third kappa shape index (κ3) is 7.89. The lowest BCUT2D eigenvalue weighted by Gasteiger charge is -2.40. The van der Waals surface area contributed by atoms with E-state index in [-0.39, 0.29) is 23.5 Å². The van der Waals surface area contributed by atoms with E-state index in [1.807, 2.05) is 37.8 Å². The number of rotatable bonds is 13. The number of carbonyl (C=O) groups is 3. The van der Waals surface area contributed by atoms with Crippen LogP contribution >= 0.6 is 11.8 Å². The average Bonchev–Trinajstić information content (AvgIpc) is 2.89. The third-order valence-corrected chi connectivity index (χ3v) is 7.04. The second-order valence-corrected chi connectivity index (χ2v) is 9.76. The van der Waals surface area contributed by atoms with E-state index in [0.29, 0.717) is 29.5 Å². The summed E-state index contributed by atoms with van der Waals surface area (Å²) in [7, 11) is 3.13. The van der Waals surface area contributed by atoms with Gasteiger partial charge >= 0.3 is 5.97 Å². The highest BCUT2D eigenvalue weighted by Crippen LogP contribution is 2.31. The van der Waals surface area contributed by atoms with Crippen molar-refractivity contribution in [2.75, 3.05) is 42.9 Å². The van der Waals surface area contributed by atoms with Crippen molar-refractivity contribution in [3.05, 3.63) is 48.5 Å². The molecular formula is C28H38N2O6S. The van der Waals surface area contributed by atoms with Crippen LogP contribution in [0.4, 0.5) is 11.4 Å². The first kappa shape index (κ1) is 30.0. The Bertz CT molecular complexity index is 1030. The highest BCUT2D eigenvalue weighted by atomic mass is 32.2. The summed E-state index contributed by atoms with van der Waals surface area (Å²) in [4.78, 5) is 43.8. The van der Waals surface area contributed by atoms with Gasteiger partial charge in [0.05, 0.1) is 20.8 Å². The van der Waals surface area contributed by atoms with Gasteiger partial charge in [-0.1, -0.05) is 25.6 Å². The lowest BCUT2D eigenvalue weighted by Crippen LogP contribution is -2.60. The normalized spacial score (nSPS) is 12.4. The SMILES string of the molecule is CCOC(=O)C(C(C(=O)SCC(C)C)N(CC)c1ccc(OC)cc1)N(C(C)=O)c1ccc(OC)cc1. The monoisotopic (exact) mass is 530 g/mol. The van der Waals surface area contributed by atoms with Crippen molar-refractivity contribution in [1.29, 1.82) is 0 Å². The van der Waals surface area contributed by atoms with Crippen molar-refractivity contribution in [3.8, 4) is 11.5 Å². The molecule has 0 N–H and O–H groups in total. The zero-order valence-electron chi connectivity index (χ0n) is 22.7. The summed E-state index contributed by atoms with van der Waals surface area (Å²) < 4.78 is 16.0. The number of likely N-dealkylation sites (N-methyl/N-ethyl adjacent to an activating group) is 1. The minimum Gasteiger partial charge on any atom is -0.497 e. The summed E-state index contributed by atoms with van der Waals surface area (Å²) >= 11 is 1.16. The second kappa shape index (κ2) is 14.5. The molecule has 0 saturated carbocycles. The van der Waals surface area contributed by atoms with Gasteiger partial charge in [0.2, 0.25) is 11.0 Å². The molecule has 2 aromatic rings. The number of hydrogen-bond donors (Lipinski definition) is 0. The Morgan fingerprint density at radius 2 is 1.35 bits per heavy atom. The molecule has 2 aromatic carbocycles. The Kier molecular flexibility index (Phi) is 11.8. The number of thioether (sulfide) groups is 1. The van der Waals surface area contributed by atoms with Gasteiger partial charge in [0.1, 0.15) is 17.5 Å². The van der Waals surface area contributed by atoms with Crippen LogP contribution in [0.25, 0.3) is 0 Å². The number of carbonyl (C=O) groups excluding carboxylic acids is 3. The summed E-state index contributed by atoms with van der Waals surface area (Å²) in [5, 5.41) is -0.218. The van der Waals surface area contributed by atoms with E-state index < -0.39 is 18.1 Å². The molecule has 0 spiro atoms. The first-order valence-corrected chi connectivity index (χ1v) is 13.3. The number of amides is 1. The van der Waals surface area contributed by atoms with Gasteiger partial charge in [0.25, 0.3) is 0 Å². The average molecular weight is 531 g/mol.